The van der Waals surface area contributed by atoms with E-state index in [-0.39, 0.29) is 5.91 Å². The highest BCUT2D eigenvalue weighted by Gasteiger charge is 2.17. The highest BCUT2D eigenvalue weighted by molar-refractivity contribution is 7.09. The Hall–Kier alpha value is -2.34. The van der Waals surface area contributed by atoms with Crippen molar-refractivity contribution in [3.63, 3.8) is 0 Å². The van der Waals surface area contributed by atoms with Gasteiger partial charge in [0.1, 0.15) is 0 Å². The summed E-state index contributed by atoms with van der Waals surface area (Å²) < 4.78 is 0. The molecule has 0 saturated carbocycles. The molecule has 1 amide bonds. The van der Waals surface area contributed by atoms with Gasteiger partial charge in [-0.3, -0.25) is 4.79 Å². The SMILES string of the molecule is Cc1ncsc1CN(C)C(=O)c1c[nH]c2cc(N)ccc12. The fraction of sp³-hybridized carbons (Fsp3) is 0.200. The smallest absolute Gasteiger partial charge is 0.256 e. The molecule has 0 radical (unpaired) electrons. The fourth-order valence-corrected chi connectivity index (χ4v) is 3.12. The highest BCUT2D eigenvalue weighted by Crippen LogP contribution is 2.23. The van der Waals surface area contributed by atoms with E-state index < -0.39 is 0 Å². The maximum absolute atomic E-state index is 12.6. The van der Waals surface area contributed by atoms with Gasteiger partial charge in [0.25, 0.3) is 5.91 Å². The van der Waals surface area contributed by atoms with Crippen LogP contribution in [-0.2, 0) is 6.54 Å². The van der Waals surface area contributed by atoms with Crippen molar-refractivity contribution < 1.29 is 4.79 Å². The van der Waals surface area contributed by atoms with Crippen molar-refractivity contribution in [3.05, 3.63) is 46.0 Å². The van der Waals surface area contributed by atoms with Gasteiger partial charge in [-0.1, -0.05) is 0 Å². The minimum Gasteiger partial charge on any atom is -0.399 e. The topological polar surface area (TPSA) is 75.0 Å². The molecule has 1 aromatic carbocycles. The van der Waals surface area contributed by atoms with Gasteiger partial charge in [0.2, 0.25) is 0 Å². The Morgan fingerprint density at radius 2 is 2.29 bits per heavy atom. The number of nitrogens with two attached hydrogens (primary N) is 1. The maximum atomic E-state index is 12.6. The van der Waals surface area contributed by atoms with Crippen molar-refractivity contribution in [2.45, 2.75) is 13.5 Å². The number of thiazole rings is 1. The third kappa shape index (κ3) is 2.50. The first-order valence-electron chi connectivity index (χ1n) is 6.57. The summed E-state index contributed by atoms with van der Waals surface area (Å²) in [5, 5.41) is 0.891. The quantitative estimate of drug-likeness (QED) is 0.730. The van der Waals surface area contributed by atoms with Crippen LogP contribution in [0.5, 0.6) is 0 Å². The average Bonchev–Trinajstić information content (AvgIpc) is 3.04. The van der Waals surface area contributed by atoms with Gasteiger partial charge in [0.05, 0.1) is 23.3 Å². The van der Waals surface area contributed by atoms with Gasteiger partial charge in [0.15, 0.2) is 0 Å². The summed E-state index contributed by atoms with van der Waals surface area (Å²) in [7, 11) is 1.80. The molecule has 0 aliphatic heterocycles. The zero-order valence-corrected chi connectivity index (χ0v) is 12.7. The van der Waals surface area contributed by atoms with E-state index >= 15 is 0 Å². The molecular formula is C15H16N4OS. The lowest BCUT2D eigenvalue weighted by Crippen LogP contribution is -2.25. The lowest BCUT2D eigenvalue weighted by atomic mass is 10.1. The first-order valence-corrected chi connectivity index (χ1v) is 7.45. The third-order valence-electron chi connectivity index (χ3n) is 3.51. The number of nitrogens with zero attached hydrogens (tertiary/aromatic N) is 2. The van der Waals surface area contributed by atoms with Crippen LogP contribution in [0, 0.1) is 6.92 Å². The summed E-state index contributed by atoms with van der Waals surface area (Å²) in [6.45, 7) is 2.52. The first kappa shape index (κ1) is 13.6. The molecule has 0 fully saturated rings. The Labute approximate surface area is 126 Å². The van der Waals surface area contributed by atoms with Crippen molar-refractivity contribution in [2.24, 2.45) is 0 Å². The molecule has 0 atom stereocenters. The van der Waals surface area contributed by atoms with Gasteiger partial charge in [0, 0.05) is 34.7 Å². The van der Waals surface area contributed by atoms with E-state index in [1.165, 1.54) is 0 Å². The number of aromatic nitrogens is 2. The monoisotopic (exact) mass is 300 g/mol. The maximum Gasteiger partial charge on any atom is 0.256 e. The van der Waals surface area contributed by atoms with Crippen LogP contribution in [0.3, 0.4) is 0 Å². The molecule has 108 valence electrons. The van der Waals surface area contributed by atoms with Crippen LogP contribution >= 0.6 is 11.3 Å². The van der Waals surface area contributed by atoms with Crippen LogP contribution in [0.15, 0.2) is 29.9 Å². The van der Waals surface area contributed by atoms with E-state index in [1.807, 2.05) is 19.1 Å². The standard InChI is InChI=1S/C15H16N4OS/c1-9-14(21-8-18-9)7-19(2)15(20)12-6-17-13-5-10(16)3-4-11(12)13/h3-6,8,17H,7,16H2,1-2H3. The van der Waals surface area contributed by atoms with Crippen LogP contribution in [0.1, 0.15) is 20.9 Å². The molecule has 0 bridgehead atoms. The molecule has 0 spiro atoms. The summed E-state index contributed by atoms with van der Waals surface area (Å²) >= 11 is 1.57. The number of carbonyl (C=O) groups is 1. The Bertz CT molecular complexity index is 805. The molecule has 21 heavy (non-hydrogen) atoms. The number of hydrogen-bond acceptors (Lipinski definition) is 4. The number of aromatic amines is 1. The van der Waals surface area contributed by atoms with Crippen molar-refractivity contribution in [1.29, 1.82) is 0 Å². The molecule has 3 aromatic rings. The van der Waals surface area contributed by atoms with Gasteiger partial charge in [-0.25, -0.2) is 4.98 Å². The second-order valence-corrected chi connectivity index (χ2v) is 5.97. The second-order valence-electron chi connectivity index (χ2n) is 5.03. The lowest BCUT2D eigenvalue weighted by molar-refractivity contribution is 0.0788. The molecule has 6 heteroatoms. The number of aryl methyl sites for hydroxylation is 1. The molecule has 2 heterocycles. The van der Waals surface area contributed by atoms with E-state index in [0.29, 0.717) is 17.8 Å². The summed E-state index contributed by atoms with van der Waals surface area (Å²) in [6.07, 6.45) is 1.74. The Morgan fingerprint density at radius 1 is 1.48 bits per heavy atom. The zero-order valence-electron chi connectivity index (χ0n) is 11.9. The van der Waals surface area contributed by atoms with Crippen LogP contribution < -0.4 is 5.73 Å². The van der Waals surface area contributed by atoms with Crippen molar-refractivity contribution >= 4 is 33.8 Å². The van der Waals surface area contributed by atoms with Crippen LogP contribution in [0.25, 0.3) is 10.9 Å². The molecule has 0 unspecified atom stereocenters. The number of nitrogens with one attached hydrogen (secondary N) is 1. The number of fused-ring (bicyclic) bond motifs is 1. The summed E-state index contributed by atoms with van der Waals surface area (Å²) in [5.41, 5.74) is 10.8. The van der Waals surface area contributed by atoms with Crippen LogP contribution in [0.4, 0.5) is 5.69 Å². The summed E-state index contributed by atoms with van der Waals surface area (Å²) in [6, 6.07) is 5.51. The molecule has 3 N–H and O–H groups in total. The lowest BCUT2D eigenvalue weighted by Gasteiger charge is -2.16. The minimum atomic E-state index is -0.0150. The molecule has 5 nitrogen and oxygen atoms in total. The molecular weight excluding hydrogens is 284 g/mol. The van der Waals surface area contributed by atoms with Crippen LogP contribution in [-0.4, -0.2) is 27.8 Å². The molecule has 0 aliphatic carbocycles. The Morgan fingerprint density at radius 3 is 3.00 bits per heavy atom. The number of rotatable bonds is 3. The van der Waals surface area contributed by atoms with Crippen LogP contribution in [0.2, 0.25) is 0 Å². The molecule has 0 aliphatic rings. The predicted molar refractivity (Wildman–Crippen MR) is 85.4 cm³/mol. The fourth-order valence-electron chi connectivity index (χ4n) is 2.29. The number of benzene rings is 1. The van der Waals surface area contributed by atoms with Gasteiger partial charge in [-0.05, 0) is 25.1 Å². The number of anilines is 1. The van der Waals surface area contributed by atoms with Crippen molar-refractivity contribution in [2.75, 3.05) is 12.8 Å². The summed E-state index contributed by atoms with van der Waals surface area (Å²) in [5.74, 6) is -0.0150. The predicted octanol–water partition coefficient (Wildman–Crippen LogP) is 2.79. The molecule has 2 aromatic heterocycles. The number of nitrogen functional groups attached to an aromatic ring is 1. The van der Waals surface area contributed by atoms with Gasteiger partial charge < -0.3 is 15.6 Å². The summed E-state index contributed by atoms with van der Waals surface area (Å²) in [4.78, 5) is 22.7. The second kappa shape index (κ2) is 5.21. The van der Waals surface area contributed by atoms with E-state index in [1.54, 1.807) is 41.1 Å². The first-order chi connectivity index (χ1) is 10.1. The van der Waals surface area contributed by atoms with E-state index in [9.17, 15) is 4.79 Å². The average molecular weight is 300 g/mol. The largest absolute Gasteiger partial charge is 0.399 e. The number of amides is 1. The van der Waals surface area contributed by atoms with E-state index in [2.05, 4.69) is 9.97 Å². The molecule has 0 saturated heterocycles. The Kier molecular flexibility index (Phi) is 3.39. The van der Waals surface area contributed by atoms with Gasteiger partial charge in [-0.2, -0.15) is 0 Å². The third-order valence-corrected chi connectivity index (χ3v) is 4.43. The van der Waals surface area contributed by atoms with E-state index in [4.69, 9.17) is 5.73 Å². The van der Waals surface area contributed by atoms with Crippen molar-refractivity contribution in [3.8, 4) is 0 Å². The minimum absolute atomic E-state index is 0.0150. The van der Waals surface area contributed by atoms with E-state index in [0.717, 1.165) is 21.5 Å². The number of hydrogen-bond donors (Lipinski definition) is 2. The number of carbonyl (C=O) groups excluding carboxylic acids is 1. The van der Waals surface area contributed by atoms with Crippen molar-refractivity contribution in [1.82, 2.24) is 14.9 Å². The van der Waals surface area contributed by atoms with Gasteiger partial charge in [-0.15, -0.1) is 11.3 Å². The highest BCUT2D eigenvalue weighted by atomic mass is 32.1. The normalized spacial score (nSPS) is 11.0. The van der Waals surface area contributed by atoms with Gasteiger partial charge >= 0.3 is 0 Å². The molecule has 3 rings (SSSR count). The Balaban J connectivity index is 1.88. The number of H-pyrrole nitrogens is 1. The zero-order chi connectivity index (χ0) is 15.0.